The zero-order chi connectivity index (χ0) is 92.2. The molecule has 9 heterocycles. The van der Waals surface area contributed by atoms with Crippen LogP contribution >= 0.6 is 0 Å². The Hall–Kier alpha value is -19.1. The summed E-state index contributed by atoms with van der Waals surface area (Å²) in [6.45, 7) is 0. The number of rotatable bonds is 12. The molecule has 140 heavy (non-hydrogen) atoms. The van der Waals surface area contributed by atoms with Crippen LogP contribution in [-0.2, 0) is 0 Å². The average Bonchev–Trinajstić information content (AvgIpc) is 1.59. The van der Waals surface area contributed by atoms with Gasteiger partial charge in [0.2, 0.25) is 5.95 Å². The number of benzene rings is 20. The van der Waals surface area contributed by atoms with Gasteiger partial charge in [-0.05, 0) is 158 Å². The molecule has 0 aliphatic carbocycles. The van der Waals surface area contributed by atoms with E-state index in [2.05, 4.69) is 397 Å². The van der Waals surface area contributed by atoms with Crippen molar-refractivity contribution >= 4 is 153 Å². The standard InChI is InChI=1S/2C44H28N4.C39H25N5/c1-3-14-29(15-4-1)43-44(46-38-23-10-9-22-37(38)45-43)30-16-13-19-32(26-30)48-40-25-12-8-21-34(40)36-27-35-33-20-7-11-24-39(33)47(41(35)28-42(36)48)31-17-5-2-6-18-31;1-3-13-29(14-4-1)43-44(46-38-20-10-9-19-37(38)45-43)30-23-25-32(26-24-30)48-40-22-12-8-18-34(40)36-27-35-33-17-7-11-21-39(33)47(41(35)28-42(36)48)31-15-5-2-6-16-31;1-4-14-26(15-5-1)37-40-38(27-16-6-2-7-17-27)42-39(41-37)44-32-23-13-11-21-30(32)36-34(44)25-24-33-35(36)29-20-10-12-22-31(29)43(33)28-18-8-3-9-19-28/h2*1-28H;1-25H. The van der Waals surface area contributed by atoms with Crippen molar-refractivity contribution in [3.05, 3.63) is 491 Å². The van der Waals surface area contributed by atoms with Crippen LogP contribution in [0.5, 0.6) is 0 Å². The van der Waals surface area contributed by atoms with Crippen LogP contribution in [0.15, 0.2) is 491 Å². The molecule has 0 N–H and O–H groups in total. The molecular weight excluding hydrogens is 1710 g/mol. The summed E-state index contributed by atoms with van der Waals surface area (Å²) in [5.74, 6) is 1.87. The third-order valence-corrected chi connectivity index (χ3v) is 27.3. The Balaban J connectivity index is 0.000000106. The lowest BCUT2D eigenvalue weighted by Crippen LogP contribution is -2.06. The van der Waals surface area contributed by atoms with E-state index >= 15 is 0 Å². The molecule has 9 aromatic heterocycles. The fraction of sp³-hybridized carbons (Fsp3) is 0. The van der Waals surface area contributed by atoms with Gasteiger partial charge in [0.15, 0.2) is 11.6 Å². The summed E-state index contributed by atoms with van der Waals surface area (Å²) in [5.41, 5.74) is 32.6. The second-order valence-electron chi connectivity index (χ2n) is 35.4. The summed E-state index contributed by atoms with van der Waals surface area (Å²) in [5, 5.41) is 14.7. The zero-order valence-corrected chi connectivity index (χ0v) is 75.6. The van der Waals surface area contributed by atoms with Gasteiger partial charge in [0.1, 0.15) is 0 Å². The van der Waals surface area contributed by atoms with Crippen molar-refractivity contribution in [2.75, 3.05) is 0 Å². The van der Waals surface area contributed by atoms with E-state index in [0.717, 1.165) is 129 Å². The van der Waals surface area contributed by atoms with Gasteiger partial charge in [-0.1, -0.05) is 334 Å². The minimum Gasteiger partial charge on any atom is -0.309 e. The average molecular weight is 1790 g/mol. The van der Waals surface area contributed by atoms with Crippen LogP contribution in [0.25, 0.3) is 255 Å². The number of fused-ring (bicyclic) bond motifs is 21. The Morgan fingerprint density at radius 1 is 0.129 bits per heavy atom. The molecule has 0 amide bonds. The van der Waals surface area contributed by atoms with Crippen molar-refractivity contribution < 1.29 is 0 Å². The van der Waals surface area contributed by atoms with Gasteiger partial charge in [0.05, 0.1) is 111 Å². The topological polar surface area (TPSA) is 120 Å². The minimum atomic E-state index is 0.593. The molecule has 0 aliphatic heterocycles. The summed E-state index contributed by atoms with van der Waals surface area (Å²) in [4.78, 5) is 35.7. The van der Waals surface area contributed by atoms with E-state index < -0.39 is 0 Å². The summed E-state index contributed by atoms with van der Waals surface area (Å²) in [7, 11) is 0. The first-order valence-electron chi connectivity index (χ1n) is 47.3. The van der Waals surface area contributed by atoms with Crippen LogP contribution in [0.4, 0.5) is 0 Å². The molecule has 0 unspecified atom stereocenters. The molecule has 0 spiro atoms. The molecule has 20 aromatic carbocycles. The lowest BCUT2D eigenvalue weighted by molar-refractivity contribution is 0.953. The first kappa shape index (κ1) is 80.5. The zero-order valence-electron chi connectivity index (χ0n) is 75.6. The maximum atomic E-state index is 5.20. The third kappa shape index (κ3) is 13.5. The molecule has 13 nitrogen and oxygen atoms in total. The van der Waals surface area contributed by atoms with E-state index in [0.29, 0.717) is 17.6 Å². The molecule has 0 radical (unpaired) electrons. The lowest BCUT2D eigenvalue weighted by atomic mass is 10.0. The van der Waals surface area contributed by atoms with Crippen LogP contribution in [0.3, 0.4) is 0 Å². The first-order chi connectivity index (χ1) is 69.5. The molecule has 0 fully saturated rings. The molecule has 29 aromatic rings. The van der Waals surface area contributed by atoms with Gasteiger partial charge in [-0.3, -0.25) is 4.57 Å². The number of aromatic nitrogens is 13. The van der Waals surface area contributed by atoms with Gasteiger partial charge in [-0.15, -0.1) is 0 Å². The molecule has 0 saturated heterocycles. The molecule has 0 aliphatic rings. The van der Waals surface area contributed by atoms with Crippen molar-refractivity contribution in [3.8, 4) is 102 Å². The Morgan fingerprint density at radius 3 is 0.743 bits per heavy atom. The van der Waals surface area contributed by atoms with E-state index in [1.54, 1.807) is 0 Å². The number of hydrogen-bond donors (Lipinski definition) is 0. The molecule has 0 bridgehead atoms. The molecule has 13 heteroatoms. The smallest absolute Gasteiger partial charge is 0.238 e. The monoisotopic (exact) mass is 1790 g/mol. The van der Waals surface area contributed by atoms with Crippen molar-refractivity contribution in [3.63, 3.8) is 0 Å². The molecule has 29 rings (SSSR count). The Morgan fingerprint density at radius 2 is 0.379 bits per heavy atom. The predicted octanol–water partition coefficient (Wildman–Crippen LogP) is 31.7. The van der Waals surface area contributed by atoms with Crippen LogP contribution in [0.2, 0.25) is 0 Å². The normalized spacial score (nSPS) is 11.7. The van der Waals surface area contributed by atoms with Gasteiger partial charge >= 0.3 is 0 Å². The summed E-state index contributed by atoms with van der Waals surface area (Å²) >= 11 is 0. The van der Waals surface area contributed by atoms with E-state index in [-0.39, 0.29) is 0 Å². The maximum absolute atomic E-state index is 5.20. The van der Waals surface area contributed by atoms with Crippen LogP contribution in [0, 0.1) is 0 Å². The molecule has 654 valence electrons. The van der Waals surface area contributed by atoms with Crippen molar-refractivity contribution in [1.29, 1.82) is 0 Å². The van der Waals surface area contributed by atoms with Gasteiger partial charge in [-0.2, -0.15) is 9.97 Å². The Labute approximate surface area is 803 Å². The van der Waals surface area contributed by atoms with E-state index in [4.69, 9.17) is 34.9 Å². The Bertz CT molecular complexity index is 9850. The SMILES string of the molecule is c1ccc(-c2nc(-c3ccccc3)nc(-n3c4ccccc4c4c5c6ccccc6n(-c6ccccc6)c5ccc43)n2)cc1.c1ccc(-c2nc3ccccc3nc2-c2ccc(-n3c4ccccc4c4cc5c6ccccc6n(-c6ccccc6)c5cc43)cc2)cc1.c1ccc(-c2nc3ccccc3nc2-c2cccc(-n3c4ccccc4c4cc5c6ccccc6n(-c6ccccc6)c5cc43)c2)cc1. The summed E-state index contributed by atoms with van der Waals surface area (Å²) in [6, 6.07) is 173. The van der Waals surface area contributed by atoms with Crippen molar-refractivity contribution in [1.82, 2.24) is 62.3 Å². The quantitative estimate of drug-likeness (QED) is 0.119. The number of hydrogen-bond acceptors (Lipinski definition) is 7. The highest BCUT2D eigenvalue weighted by Crippen LogP contribution is 2.47. The fourth-order valence-corrected chi connectivity index (χ4v) is 21.2. The highest BCUT2D eigenvalue weighted by molar-refractivity contribution is 6.29. The van der Waals surface area contributed by atoms with Crippen molar-refractivity contribution in [2.45, 2.75) is 0 Å². The van der Waals surface area contributed by atoms with E-state index in [9.17, 15) is 0 Å². The highest BCUT2D eigenvalue weighted by Gasteiger charge is 2.27. The second-order valence-corrected chi connectivity index (χ2v) is 35.4. The Kier molecular flexibility index (Phi) is 19.3. The van der Waals surface area contributed by atoms with Crippen LogP contribution in [-0.4, -0.2) is 62.3 Å². The largest absolute Gasteiger partial charge is 0.309 e. The van der Waals surface area contributed by atoms with E-state index in [1.807, 2.05) is 121 Å². The fourth-order valence-electron chi connectivity index (χ4n) is 21.2. The minimum absolute atomic E-state index is 0.593. The van der Waals surface area contributed by atoms with Gasteiger partial charge in [0.25, 0.3) is 0 Å². The summed E-state index contributed by atoms with van der Waals surface area (Å²) < 4.78 is 14.1. The third-order valence-electron chi connectivity index (χ3n) is 27.3. The van der Waals surface area contributed by atoms with E-state index in [1.165, 1.54) is 109 Å². The lowest BCUT2D eigenvalue weighted by Gasteiger charge is -2.13. The second kappa shape index (κ2) is 33.5. The van der Waals surface area contributed by atoms with Gasteiger partial charge in [-0.25, -0.2) is 24.9 Å². The van der Waals surface area contributed by atoms with Crippen molar-refractivity contribution in [2.24, 2.45) is 0 Å². The summed E-state index contributed by atoms with van der Waals surface area (Å²) in [6.07, 6.45) is 0. The highest BCUT2D eigenvalue weighted by atomic mass is 15.2. The van der Waals surface area contributed by atoms with Gasteiger partial charge < -0.3 is 22.8 Å². The molecular formula is C127H81N13. The maximum Gasteiger partial charge on any atom is 0.238 e. The van der Waals surface area contributed by atoms with Crippen LogP contribution in [0.1, 0.15) is 0 Å². The van der Waals surface area contributed by atoms with Crippen LogP contribution < -0.4 is 0 Å². The molecule has 0 saturated carbocycles. The first-order valence-corrected chi connectivity index (χ1v) is 47.3. The predicted molar refractivity (Wildman–Crippen MR) is 578 cm³/mol. The number of para-hydroxylation sites is 13. The number of nitrogens with zero attached hydrogens (tertiary/aromatic N) is 13. The molecule has 0 atom stereocenters. The van der Waals surface area contributed by atoms with Gasteiger partial charge in [0, 0.05) is 126 Å².